The van der Waals surface area contributed by atoms with E-state index in [1.165, 1.54) is 17.7 Å². The number of primary sulfonamides is 1. The lowest BCUT2D eigenvalue weighted by Crippen LogP contribution is -2.12. The third-order valence-electron chi connectivity index (χ3n) is 3.05. The van der Waals surface area contributed by atoms with Gasteiger partial charge in [0.05, 0.1) is 4.90 Å². The molecule has 20 heavy (non-hydrogen) atoms. The van der Waals surface area contributed by atoms with Crippen LogP contribution in [0.15, 0.2) is 41.3 Å². The zero-order valence-electron chi connectivity index (χ0n) is 11.3. The van der Waals surface area contributed by atoms with Crippen LogP contribution in [0.4, 0.5) is 17.1 Å². The number of sulfonamides is 1. The number of rotatable bonds is 3. The molecular formula is C14H17N3O2S. The molecule has 0 aliphatic heterocycles. The highest BCUT2D eigenvalue weighted by molar-refractivity contribution is 7.89. The minimum absolute atomic E-state index is 0.0103. The van der Waals surface area contributed by atoms with Gasteiger partial charge in [-0.3, -0.25) is 0 Å². The second-order valence-electron chi connectivity index (χ2n) is 4.76. The van der Waals surface area contributed by atoms with Crippen LogP contribution in [0, 0.1) is 13.8 Å². The fourth-order valence-corrected chi connectivity index (χ4v) is 2.44. The molecule has 0 unspecified atom stereocenters. The van der Waals surface area contributed by atoms with Gasteiger partial charge in [-0.05, 0) is 55.3 Å². The molecular weight excluding hydrogens is 274 g/mol. The Morgan fingerprint density at radius 2 is 1.65 bits per heavy atom. The van der Waals surface area contributed by atoms with E-state index in [1.54, 1.807) is 6.07 Å². The number of aryl methyl sites for hydroxylation is 2. The van der Waals surface area contributed by atoms with E-state index in [0.29, 0.717) is 11.4 Å². The first kappa shape index (κ1) is 14.4. The molecule has 0 aliphatic rings. The minimum atomic E-state index is -3.77. The van der Waals surface area contributed by atoms with Crippen LogP contribution in [0.1, 0.15) is 11.1 Å². The minimum Gasteiger partial charge on any atom is -0.399 e. The van der Waals surface area contributed by atoms with Crippen molar-refractivity contribution in [2.45, 2.75) is 18.7 Å². The summed E-state index contributed by atoms with van der Waals surface area (Å²) >= 11 is 0. The van der Waals surface area contributed by atoms with Gasteiger partial charge in [0.1, 0.15) is 0 Å². The predicted molar refractivity (Wildman–Crippen MR) is 81.4 cm³/mol. The normalized spacial score (nSPS) is 11.3. The molecule has 5 N–H and O–H groups in total. The summed E-state index contributed by atoms with van der Waals surface area (Å²) in [6, 6.07) is 10.3. The van der Waals surface area contributed by atoms with E-state index in [0.717, 1.165) is 11.3 Å². The van der Waals surface area contributed by atoms with Crippen molar-refractivity contribution < 1.29 is 8.42 Å². The Morgan fingerprint density at radius 1 is 0.950 bits per heavy atom. The summed E-state index contributed by atoms with van der Waals surface area (Å²) in [4.78, 5) is -0.0103. The number of hydrogen-bond acceptors (Lipinski definition) is 4. The molecule has 0 radical (unpaired) electrons. The molecule has 2 aromatic rings. The van der Waals surface area contributed by atoms with Gasteiger partial charge in [-0.25, -0.2) is 13.6 Å². The molecule has 0 saturated heterocycles. The summed E-state index contributed by atoms with van der Waals surface area (Å²) in [5.74, 6) is 0. The van der Waals surface area contributed by atoms with Gasteiger partial charge in [0, 0.05) is 17.1 Å². The Bertz CT molecular complexity index is 755. The topological polar surface area (TPSA) is 98.2 Å². The Labute approximate surface area is 118 Å². The fraction of sp³-hybridized carbons (Fsp3) is 0.143. The Kier molecular flexibility index (Phi) is 3.69. The third-order valence-corrected chi connectivity index (χ3v) is 3.95. The highest BCUT2D eigenvalue weighted by atomic mass is 32.2. The van der Waals surface area contributed by atoms with Gasteiger partial charge in [-0.2, -0.15) is 0 Å². The van der Waals surface area contributed by atoms with Gasteiger partial charge >= 0.3 is 0 Å². The lowest BCUT2D eigenvalue weighted by atomic mass is 10.1. The van der Waals surface area contributed by atoms with Crippen LogP contribution in [0.2, 0.25) is 0 Å². The van der Waals surface area contributed by atoms with Crippen molar-refractivity contribution in [3.63, 3.8) is 0 Å². The fourth-order valence-electron chi connectivity index (χ4n) is 1.84. The molecule has 2 aromatic carbocycles. The number of hydrogen-bond donors (Lipinski definition) is 3. The molecule has 0 amide bonds. The second-order valence-corrected chi connectivity index (χ2v) is 6.32. The molecule has 0 saturated carbocycles. The molecule has 0 aliphatic carbocycles. The van der Waals surface area contributed by atoms with Gasteiger partial charge in [0.15, 0.2) is 0 Å². The monoisotopic (exact) mass is 291 g/mol. The first-order valence-electron chi connectivity index (χ1n) is 6.03. The van der Waals surface area contributed by atoms with Gasteiger partial charge in [0.2, 0.25) is 10.0 Å². The van der Waals surface area contributed by atoms with Crippen molar-refractivity contribution in [3.05, 3.63) is 47.5 Å². The van der Waals surface area contributed by atoms with E-state index in [1.807, 2.05) is 32.0 Å². The first-order chi connectivity index (χ1) is 9.25. The van der Waals surface area contributed by atoms with Crippen LogP contribution in [0.5, 0.6) is 0 Å². The number of benzene rings is 2. The van der Waals surface area contributed by atoms with Crippen LogP contribution in [0.25, 0.3) is 0 Å². The Morgan fingerprint density at radius 3 is 2.25 bits per heavy atom. The average Bonchev–Trinajstić information content (AvgIpc) is 2.32. The van der Waals surface area contributed by atoms with E-state index in [-0.39, 0.29) is 4.90 Å². The van der Waals surface area contributed by atoms with E-state index in [4.69, 9.17) is 10.9 Å². The first-order valence-corrected chi connectivity index (χ1v) is 7.58. The lowest BCUT2D eigenvalue weighted by Gasteiger charge is -2.11. The standard InChI is InChI=1S/C14H17N3O2S/c1-9-3-4-12(5-10(9)2)17-13-6-11(15)7-14(8-13)20(16,18)19/h3-8,17H,15H2,1-2H3,(H2,16,18,19). The molecule has 2 rings (SSSR count). The quantitative estimate of drug-likeness (QED) is 0.755. The van der Waals surface area contributed by atoms with Crippen LogP contribution in [0.3, 0.4) is 0 Å². The molecule has 0 atom stereocenters. The maximum Gasteiger partial charge on any atom is 0.238 e. The number of nitrogens with two attached hydrogens (primary N) is 2. The summed E-state index contributed by atoms with van der Waals surface area (Å²) in [5, 5.41) is 8.25. The van der Waals surface area contributed by atoms with Crippen molar-refractivity contribution in [1.29, 1.82) is 0 Å². The SMILES string of the molecule is Cc1ccc(Nc2cc(N)cc(S(N)(=O)=O)c2)cc1C. The van der Waals surface area contributed by atoms with Crippen LogP contribution < -0.4 is 16.2 Å². The van der Waals surface area contributed by atoms with Gasteiger partial charge in [-0.1, -0.05) is 6.07 Å². The number of anilines is 3. The molecule has 5 nitrogen and oxygen atoms in total. The zero-order chi connectivity index (χ0) is 14.9. The molecule has 0 fully saturated rings. The maximum absolute atomic E-state index is 11.4. The lowest BCUT2D eigenvalue weighted by molar-refractivity contribution is 0.598. The highest BCUT2D eigenvalue weighted by Crippen LogP contribution is 2.24. The number of nitrogens with one attached hydrogen (secondary N) is 1. The maximum atomic E-state index is 11.4. The summed E-state index contributed by atoms with van der Waals surface area (Å²) in [6.45, 7) is 4.04. The molecule has 0 heterocycles. The Hall–Kier alpha value is -2.05. The molecule has 0 spiro atoms. The van der Waals surface area contributed by atoms with E-state index < -0.39 is 10.0 Å². The Balaban J connectivity index is 2.38. The third kappa shape index (κ3) is 3.28. The highest BCUT2D eigenvalue weighted by Gasteiger charge is 2.10. The molecule has 106 valence electrons. The predicted octanol–water partition coefficient (Wildman–Crippen LogP) is 2.28. The van der Waals surface area contributed by atoms with Gasteiger partial charge in [0.25, 0.3) is 0 Å². The van der Waals surface area contributed by atoms with Crippen LogP contribution in [-0.2, 0) is 10.0 Å². The van der Waals surface area contributed by atoms with Crippen molar-refractivity contribution in [2.24, 2.45) is 5.14 Å². The summed E-state index contributed by atoms with van der Waals surface area (Å²) in [6.07, 6.45) is 0. The largest absolute Gasteiger partial charge is 0.399 e. The average molecular weight is 291 g/mol. The number of nitrogen functional groups attached to an aromatic ring is 1. The van der Waals surface area contributed by atoms with E-state index >= 15 is 0 Å². The van der Waals surface area contributed by atoms with E-state index in [9.17, 15) is 8.42 Å². The summed E-state index contributed by atoms with van der Waals surface area (Å²) < 4.78 is 22.8. The van der Waals surface area contributed by atoms with E-state index in [2.05, 4.69) is 5.32 Å². The zero-order valence-corrected chi connectivity index (χ0v) is 12.2. The van der Waals surface area contributed by atoms with Crippen molar-refractivity contribution in [3.8, 4) is 0 Å². The van der Waals surface area contributed by atoms with Gasteiger partial charge in [-0.15, -0.1) is 0 Å². The van der Waals surface area contributed by atoms with Crippen LogP contribution >= 0.6 is 0 Å². The second kappa shape index (κ2) is 5.15. The summed E-state index contributed by atoms with van der Waals surface area (Å²) in [5.41, 5.74) is 9.81. The molecule has 6 heteroatoms. The van der Waals surface area contributed by atoms with Crippen molar-refractivity contribution in [1.82, 2.24) is 0 Å². The van der Waals surface area contributed by atoms with Gasteiger partial charge < -0.3 is 11.1 Å². The smallest absolute Gasteiger partial charge is 0.238 e. The van der Waals surface area contributed by atoms with Crippen molar-refractivity contribution >= 4 is 27.1 Å². The summed E-state index contributed by atoms with van der Waals surface area (Å²) in [7, 11) is -3.77. The molecule has 0 aromatic heterocycles. The van der Waals surface area contributed by atoms with Crippen LogP contribution in [-0.4, -0.2) is 8.42 Å². The molecule has 0 bridgehead atoms. The van der Waals surface area contributed by atoms with Crippen molar-refractivity contribution in [2.75, 3.05) is 11.1 Å².